The fourth-order valence-electron chi connectivity index (χ4n) is 3.88. The average molecular weight is 392 g/mol. The van der Waals surface area contributed by atoms with E-state index in [4.69, 9.17) is 9.15 Å². The number of nitrogens with one attached hydrogen (secondary N) is 1. The average Bonchev–Trinajstić information content (AvgIpc) is 3.28. The number of hydrogen-bond donors (Lipinski definition) is 1. The highest BCUT2D eigenvalue weighted by Gasteiger charge is 2.26. The van der Waals surface area contributed by atoms with E-state index in [2.05, 4.69) is 20.1 Å². The minimum absolute atomic E-state index is 0.0344. The number of amides is 1. The lowest BCUT2D eigenvalue weighted by molar-refractivity contribution is 0.0657. The predicted molar refractivity (Wildman–Crippen MR) is 109 cm³/mol. The number of piperidine rings is 1. The molecule has 3 rings (SSSR count). The fourth-order valence-corrected chi connectivity index (χ4v) is 3.88. The SMILES string of the molecule is CN=C(NCC1CCN(CCOC)CC1)N1CCN(C(=O)c2ccco2)CC1. The largest absolute Gasteiger partial charge is 0.459 e. The Morgan fingerprint density at radius 1 is 1.21 bits per heavy atom. The Kier molecular flexibility index (Phi) is 7.73. The molecule has 8 nitrogen and oxygen atoms in total. The summed E-state index contributed by atoms with van der Waals surface area (Å²) in [5.74, 6) is 1.99. The van der Waals surface area contributed by atoms with Gasteiger partial charge in [-0.25, -0.2) is 0 Å². The van der Waals surface area contributed by atoms with Crippen molar-refractivity contribution in [1.29, 1.82) is 0 Å². The van der Waals surface area contributed by atoms with Crippen molar-refractivity contribution in [2.24, 2.45) is 10.9 Å². The number of carbonyl (C=O) groups is 1. The van der Waals surface area contributed by atoms with Crippen molar-refractivity contribution in [3.8, 4) is 0 Å². The Morgan fingerprint density at radius 3 is 2.54 bits per heavy atom. The number of rotatable bonds is 6. The zero-order valence-corrected chi connectivity index (χ0v) is 17.1. The van der Waals surface area contributed by atoms with Gasteiger partial charge in [-0.05, 0) is 44.0 Å². The standard InChI is InChI=1S/C20H33N5O3/c1-21-20(22-16-17-5-7-23(8-6-17)13-15-27-2)25-11-9-24(10-12-25)19(26)18-4-3-14-28-18/h3-4,14,17H,5-13,15-16H2,1-2H3,(H,21,22). The number of furan rings is 1. The van der Waals surface area contributed by atoms with Gasteiger partial charge in [-0.3, -0.25) is 9.79 Å². The summed E-state index contributed by atoms with van der Waals surface area (Å²) in [6.07, 6.45) is 3.95. The van der Waals surface area contributed by atoms with Crippen LogP contribution in [0.25, 0.3) is 0 Å². The number of piperazine rings is 1. The van der Waals surface area contributed by atoms with Crippen LogP contribution in [0.2, 0.25) is 0 Å². The number of hydrogen-bond acceptors (Lipinski definition) is 5. The predicted octanol–water partition coefficient (Wildman–Crippen LogP) is 0.971. The minimum atomic E-state index is -0.0344. The van der Waals surface area contributed by atoms with Gasteiger partial charge in [0, 0.05) is 53.4 Å². The summed E-state index contributed by atoms with van der Waals surface area (Å²) < 4.78 is 10.4. The molecular formula is C20H33N5O3. The second-order valence-corrected chi connectivity index (χ2v) is 7.46. The third kappa shape index (κ3) is 5.48. The van der Waals surface area contributed by atoms with Crippen LogP contribution in [0.5, 0.6) is 0 Å². The second kappa shape index (κ2) is 10.5. The summed E-state index contributed by atoms with van der Waals surface area (Å²) in [4.78, 5) is 23.4. The highest BCUT2D eigenvalue weighted by Crippen LogP contribution is 2.16. The molecule has 2 fully saturated rings. The number of nitrogens with zero attached hydrogens (tertiary/aromatic N) is 4. The van der Waals surface area contributed by atoms with Crippen LogP contribution in [0.15, 0.2) is 27.8 Å². The van der Waals surface area contributed by atoms with Crippen LogP contribution in [0.4, 0.5) is 0 Å². The summed E-state index contributed by atoms with van der Waals surface area (Å²) in [5, 5.41) is 3.55. The molecule has 0 spiro atoms. The van der Waals surface area contributed by atoms with Gasteiger partial charge in [0.15, 0.2) is 11.7 Å². The second-order valence-electron chi connectivity index (χ2n) is 7.46. The summed E-state index contributed by atoms with van der Waals surface area (Å²) in [5.41, 5.74) is 0. The van der Waals surface area contributed by atoms with Gasteiger partial charge in [0.1, 0.15) is 0 Å². The number of guanidine groups is 1. The Labute approximate surface area is 167 Å². The Bertz CT molecular complexity index is 618. The zero-order chi connectivity index (χ0) is 19.8. The maximum Gasteiger partial charge on any atom is 0.289 e. The molecule has 0 radical (unpaired) electrons. The van der Waals surface area contributed by atoms with E-state index in [0.717, 1.165) is 51.8 Å². The van der Waals surface area contributed by atoms with E-state index in [1.54, 1.807) is 19.2 Å². The van der Waals surface area contributed by atoms with E-state index < -0.39 is 0 Å². The van der Waals surface area contributed by atoms with Gasteiger partial charge in [-0.2, -0.15) is 0 Å². The van der Waals surface area contributed by atoms with Gasteiger partial charge in [0.25, 0.3) is 5.91 Å². The Hall–Kier alpha value is -2.06. The normalized spacial score (nSPS) is 19.9. The van der Waals surface area contributed by atoms with Crippen LogP contribution < -0.4 is 5.32 Å². The molecule has 28 heavy (non-hydrogen) atoms. The van der Waals surface area contributed by atoms with Gasteiger partial charge >= 0.3 is 0 Å². The van der Waals surface area contributed by atoms with Crippen LogP contribution in [0.1, 0.15) is 23.4 Å². The molecule has 0 unspecified atom stereocenters. The van der Waals surface area contributed by atoms with E-state index in [0.29, 0.717) is 24.8 Å². The van der Waals surface area contributed by atoms with Crippen LogP contribution >= 0.6 is 0 Å². The van der Waals surface area contributed by atoms with Crippen molar-refractivity contribution in [2.75, 3.05) is 73.1 Å². The first-order chi connectivity index (χ1) is 13.7. The molecular weight excluding hydrogens is 358 g/mol. The topological polar surface area (TPSA) is 73.6 Å². The molecule has 1 aromatic heterocycles. The maximum absolute atomic E-state index is 12.4. The summed E-state index contributed by atoms with van der Waals surface area (Å²) in [6.45, 7) is 7.99. The smallest absolute Gasteiger partial charge is 0.289 e. The summed E-state index contributed by atoms with van der Waals surface area (Å²) in [7, 11) is 3.59. The van der Waals surface area contributed by atoms with Crippen molar-refractivity contribution >= 4 is 11.9 Å². The van der Waals surface area contributed by atoms with Crippen molar-refractivity contribution in [2.45, 2.75) is 12.8 Å². The molecule has 2 aliphatic rings. The Morgan fingerprint density at radius 2 is 1.93 bits per heavy atom. The van der Waals surface area contributed by atoms with Gasteiger partial charge in [-0.15, -0.1) is 0 Å². The summed E-state index contributed by atoms with van der Waals surface area (Å²) >= 11 is 0. The molecule has 0 saturated carbocycles. The monoisotopic (exact) mass is 391 g/mol. The molecule has 1 aromatic rings. The Balaban J connectivity index is 1.39. The molecule has 0 aromatic carbocycles. The molecule has 0 atom stereocenters. The van der Waals surface area contributed by atoms with Crippen LogP contribution in [-0.2, 0) is 4.74 Å². The van der Waals surface area contributed by atoms with E-state index in [1.807, 2.05) is 11.9 Å². The lowest BCUT2D eigenvalue weighted by Gasteiger charge is -2.37. The number of aliphatic imine (C=N–C) groups is 1. The van der Waals surface area contributed by atoms with E-state index in [-0.39, 0.29) is 5.91 Å². The maximum atomic E-state index is 12.4. The van der Waals surface area contributed by atoms with E-state index in [9.17, 15) is 4.79 Å². The van der Waals surface area contributed by atoms with Crippen LogP contribution in [0.3, 0.4) is 0 Å². The zero-order valence-electron chi connectivity index (χ0n) is 17.1. The molecule has 1 N–H and O–H groups in total. The minimum Gasteiger partial charge on any atom is -0.459 e. The first-order valence-corrected chi connectivity index (χ1v) is 10.2. The molecule has 1 amide bonds. The molecule has 0 bridgehead atoms. The van der Waals surface area contributed by atoms with Crippen molar-refractivity contribution < 1.29 is 13.9 Å². The summed E-state index contributed by atoms with van der Waals surface area (Å²) in [6, 6.07) is 3.47. The first kappa shape index (κ1) is 20.7. The molecule has 3 heterocycles. The molecule has 2 aliphatic heterocycles. The molecule has 2 saturated heterocycles. The lowest BCUT2D eigenvalue weighted by Crippen LogP contribution is -2.54. The lowest BCUT2D eigenvalue weighted by atomic mass is 9.97. The highest BCUT2D eigenvalue weighted by atomic mass is 16.5. The van der Waals surface area contributed by atoms with Gasteiger partial charge in [0.2, 0.25) is 0 Å². The number of carbonyl (C=O) groups excluding carboxylic acids is 1. The quantitative estimate of drug-likeness (QED) is 0.576. The van der Waals surface area contributed by atoms with Gasteiger partial charge in [0.05, 0.1) is 12.9 Å². The molecule has 156 valence electrons. The van der Waals surface area contributed by atoms with Crippen molar-refractivity contribution in [3.63, 3.8) is 0 Å². The van der Waals surface area contributed by atoms with Crippen molar-refractivity contribution in [1.82, 2.24) is 20.0 Å². The van der Waals surface area contributed by atoms with Gasteiger partial charge in [-0.1, -0.05) is 0 Å². The third-order valence-corrected chi connectivity index (χ3v) is 5.68. The third-order valence-electron chi connectivity index (χ3n) is 5.68. The van der Waals surface area contributed by atoms with Crippen LogP contribution in [-0.4, -0.2) is 99.7 Å². The fraction of sp³-hybridized carbons (Fsp3) is 0.700. The highest BCUT2D eigenvalue weighted by molar-refractivity contribution is 5.91. The first-order valence-electron chi connectivity index (χ1n) is 10.2. The molecule has 0 aliphatic carbocycles. The van der Waals surface area contributed by atoms with E-state index in [1.165, 1.54) is 19.1 Å². The number of methoxy groups -OCH3 is 1. The number of ether oxygens (including phenoxy) is 1. The van der Waals surface area contributed by atoms with E-state index >= 15 is 0 Å². The van der Waals surface area contributed by atoms with Crippen LogP contribution in [0, 0.1) is 5.92 Å². The van der Waals surface area contributed by atoms with Gasteiger partial charge < -0.3 is 29.2 Å². The number of likely N-dealkylation sites (tertiary alicyclic amines) is 1. The van der Waals surface area contributed by atoms with Crippen molar-refractivity contribution in [3.05, 3.63) is 24.2 Å². The molecule has 8 heteroatoms.